The van der Waals surface area contributed by atoms with Gasteiger partial charge in [0.05, 0.1) is 30.5 Å². The van der Waals surface area contributed by atoms with Crippen LogP contribution >= 0.6 is 0 Å². The molecule has 0 aromatic heterocycles. The Balaban J connectivity index is 1.68. The molecule has 0 radical (unpaired) electrons. The van der Waals surface area contributed by atoms with Crippen molar-refractivity contribution >= 4 is 5.97 Å². The highest BCUT2D eigenvalue weighted by Gasteiger charge is 2.23. The molecule has 3 unspecified atom stereocenters. The summed E-state index contributed by atoms with van der Waals surface area (Å²) in [5.74, 6) is -0.932. The monoisotopic (exact) mass is 399 g/mol. The predicted molar refractivity (Wildman–Crippen MR) is 111 cm³/mol. The molecule has 3 atom stereocenters. The van der Waals surface area contributed by atoms with Crippen molar-refractivity contribution in [3.05, 3.63) is 59.2 Å². The van der Waals surface area contributed by atoms with Gasteiger partial charge in [0, 0.05) is 19.6 Å². The van der Waals surface area contributed by atoms with Crippen LogP contribution in [0.15, 0.2) is 42.5 Å². The van der Waals surface area contributed by atoms with Crippen LogP contribution in [0.1, 0.15) is 40.9 Å². The van der Waals surface area contributed by atoms with Crippen LogP contribution in [0.5, 0.6) is 0 Å². The number of carboxylic acids is 1. The lowest BCUT2D eigenvalue weighted by Crippen LogP contribution is -2.34. The van der Waals surface area contributed by atoms with Gasteiger partial charge in [-0.1, -0.05) is 36.4 Å². The Bertz CT molecular complexity index is 853. The van der Waals surface area contributed by atoms with Crippen LogP contribution < -0.4 is 0 Å². The summed E-state index contributed by atoms with van der Waals surface area (Å²) in [5.41, 5.74) is 3.91. The summed E-state index contributed by atoms with van der Waals surface area (Å²) >= 11 is 0. The van der Waals surface area contributed by atoms with Crippen molar-refractivity contribution in [3.63, 3.8) is 0 Å². The number of rotatable bonds is 8. The van der Waals surface area contributed by atoms with Gasteiger partial charge in [-0.3, -0.25) is 4.90 Å². The molecule has 0 saturated carbocycles. The molecule has 29 heavy (non-hydrogen) atoms. The lowest BCUT2D eigenvalue weighted by molar-refractivity contribution is -0.0141. The minimum Gasteiger partial charge on any atom is -0.478 e. The molecule has 0 amide bonds. The number of nitrogens with zero attached hydrogens (tertiary/aromatic N) is 1. The first-order valence-corrected chi connectivity index (χ1v) is 9.98. The van der Waals surface area contributed by atoms with Gasteiger partial charge in [0.25, 0.3) is 0 Å². The number of carboxylic acid groups (broad SMARTS) is 1. The molecule has 6 heteroatoms. The number of aliphatic hydroxyl groups excluding tert-OH is 2. The average molecular weight is 399 g/mol. The SMILES string of the molecule is Cc1cc(-c2ccccc2C(C)OCC(O)CN2CCC(O)C2)ccc1C(=O)O. The second-order valence-corrected chi connectivity index (χ2v) is 7.75. The lowest BCUT2D eigenvalue weighted by Gasteiger charge is -2.22. The Kier molecular flexibility index (Phi) is 7.03. The molecule has 2 aromatic carbocycles. The van der Waals surface area contributed by atoms with E-state index in [4.69, 9.17) is 4.74 Å². The standard InChI is InChI=1S/C23H29NO5/c1-15-11-17(7-8-20(15)23(27)28)22-6-4-3-5-21(22)16(2)29-14-19(26)13-24-10-9-18(25)12-24/h3-8,11,16,18-19,25-26H,9-10,12-14H2,1-2H3,(H,27,28). The average Bonchev–Trinajstić information content (AvgIpc) is 3.10. The van der Waals surface area contributed by atoms with Crippen LogP contribution in [0.3, 0.4) is 0 Å². The van der Waals surface area contributed by atoms with Gasteiger partial charge in [0.15, 0.2) is 0 Å². The van der Waals surface area contributed by atoms with E-state index in [1.807, 2.05) is 48.2 Å². The molecule has 156 valence electrons. The number of hydrogen-bond donors (Lipinski definition) is 3. The largest absolute Gasteiger partial charge is 0.478 e. The Morgan fingerprint density at radius 3 is 2.69 bits per heavy atom. The minimum absolute atomic E-state index is 0.207. The molecule has 2 aromatic rings. The van der Waals surface area contributed by atoms with Gasteiger partial charge < -0.3 is 20.1 Å². The van der Waals surface area contributed by atoms with E-state index in [0.29, 0.717) is 24.2 Å². The summed E-state index contributed by atoms with van der Waals surface area (Å²) < 4.78 is 5.95. The number of benzene rings is 2. The number of aromatic carboxylic acids is 1. The molecule has 1 aliphatic rings. The molecule has 1 saturated heterocycles. The van der Waals surface area contributed by atoms with Crippen LogP contribution in [-0.2, 0) is 4.74 Å². The number of aliphatic hydroxyl groups is 2. The van der Waals surface area contributed by atoms with Crippen molar-refractivity contribution in [2.45, 2.75) is 38.6 Å². The van der Waals surface area contributed by atoms with Gasteiger partial charge in [-0.05, 0) is 48.6 Å². The summed E-state index contributed by atoms with van der Waals surface area (Å²) in [6, 6.07) is 13.2. The molecule has 0 aliphatic carbocycles. The van der Waals surface area contributed by atoms with Crippen molar-refractivity contribution in [3.8, 4) is 11.1 Å². The summed E-state index contributed by atoms with van der Waals surface area (Å²) in [6.07, 6.45) is -0.404. The van der Waals surface area contributed by atoms with Gasteiger partial charge in [0.2, 0.25) is 0 Å². The number of likely N-dealkylation sites (tertiary alicyclic amines) is 1. The van der Waals surface area contributed by atoms with E-state index in [1.54, 1.807) is 13.0 Å². The maximum absolute atomic E-state index is 11.3. The van der Waals surface area contributed by atoms with Crippen molar-refractivity contribution in [1.82, 2.24) is 4.90 Å². The number of carbonyl (C=O) groups is 1. The summed E-state index contributed by atoms with van der Waals surface area (Å²) in [6.45, 7) is 5.83. The number of ether oxygens (including phenoxy) is 1. The summed E-state index contributed by atoms with van der Waals surface area (Å²) in [5, 5.41) is 29.1. The highest BCUT2D eigenvalue weighted by Crippen LogP contribution is 2.31. The maximum Gasteiger partial charge on any atom is 0.335 e. The lowest BCUT2D eigenvalue weighted by atomic mass is 9.94. The van der Waals surface area contributed by atoms with Gasteiger partial charge in [-0.2, -0.15) is 0 Å². The van der Waals surface area contributed by atoms with E-state index >= 15 is 0 Å². The topological polar surface area (TPSA) is 90.2 Å². The molecule has 1 fully saturated rings. The van der Waals surface area contributed by atoms with Crippen molar-refractivity contribution in [1.29, 1.82) is 0 Å². The zero-order valence-corrected chi connectivity index (χ0v) is 16.9. The second kappa shape index (κ2) is 9.50. The molecular formula is C23H29NO5. The molecule has 3 N–H and O–H groups in total. The van der Waals surface area contributed by atoms with Gasteiger partial charge >= 0.3 is 5.97 Å². The van der Waals surface area contributed by atoms with Crippen LogP contribution in [0, 0.1) is 6.92 Å². The molecule has 1 aliphatic heterocycles. The third-order valence-corrected chi connectivity index (χ3v) is 5.42. The van der Waals surface area contributed by atoms with Crippen molar-refractivity contribution in [2.24, 2.45) is 0 Å². The van der Waals surface area contributed by atoms with Crippen molar-refractivity contribution < 1.29 is 24.9 Å². The first-order chi connectivity index (χ1) is 13.8. The molecular weight excluding hydrogens is 370 g/mol. The highest BCUT2D eigenvalue weighted by molar-refractivity contribution is 5.90. The zero-order chi connectivity index (χ0) is 21.0. The fourth-order valence-electron chi connectivity index (χ4n) is 3.86. The Morgan fingerprint density at radius 2 is 2.03 bits per heavy atom. The van der Waals surface area contributed by atoms with E-state index in [-0.39, 0.29) is 18.8 Å². The van der Waals surface area contributed by atoms with E-state index in [1.165, 1.54) is 0 Å². The van der Waals surface area contributed by atoms with E-state index < -0.39 is 12.1 Å². The van der Waals surface area contributed by atoms with Crippen LogP contribution in [-0.4, -0.2) is 64.6 Å². The summed E-state index contributed by atoms with van der Waals surface area (Å²) in [4.78, 5) is 13.3. The fraction of sp³-hybridized carbons (Fsp3) is 0.435. The van der Waals surface area contributed by atoms with Gasteiger partial charge in [-0.25, -0.2) is 4.79 Å². The minimum atomic E-state index is -0.932. The molecule has 0 bridgehead atoms. The van der Waals surface area contributed by atoms with E-state index in [2.05, 4.69) is 0 Å². The van der Waals surface area contributed by atoms with Gasteiger partial charge in [-0.15, -0.1) is 0 Å². The van der Waals surface area contributed by atoms with Gasteiger partial charge in [0.1, 0.15) is 0 Å². The second-order valence-electron chi connectivity index (χ2n) is 7.75. The predicted octanol–water partition coefficient (Wildman–Crippen LogP) is 2.87. The Labute approximate surface area is 171 Å². The number of hydrogen-bond acceptors (Lipinski definition) is 5. The third-order valence-electron chi connectivity index (χ3n) is 5.42. The van der Waals surface area contributed by atoms with E-state index in [0.717, 1.165) is 29.7 Å². The van der Waals surface area contributed by atoms with E-state index in [9.17, 15) is 20.1 Å². The Hall–Kier alpha value is -2.25. The molecule has 3 rings (SSSR count). The third kappa shape index (κ3) is 5.42. The van der Waals surface area contributed by atoms with Crippen molar-refractivity contribution in [2.75, 3.05) is 26.2 Å². The van der Waals surface area contributed by atoms with Crippen LogP contribution in [0.4, 0.5) is 0 Å². The van der Waals surface area contributed by atoms with Crippen LogP contribution in [0.2, 0.25) is 0 Å². The zero-order valence-electron chi connectivity index (χ0n) is 16.9. The number of aryl methyl sites for hydroxylation is 1. The normalized spacial score (nSPS) is 19.2. The van der Waals surface area contributed by atoms with Crippen LogP contribution in [0.25, 0.3) is 11.1 Å². The Morgan fingerprint density at radius 1 is 1.28 bits per heavy atom. The molecule has 1 heterocycles. The molecule has 0 spiro atoms. The maximum atomic E-state index is 11.3. The number of β-amino-alcohol motifs (C(OH)–C–C–N with tert-alkyl or cyclic N) is 2. The first-order valence-electron chi connectivity index (χ1n) is 9.98. The fourth-order valence-corrected chi connectivity index (χ4v) is 3.86. The first kappa shape index (κ1) is 21.5. The quantitative estimate of drug-likeness (QED) is 0.632. The summed E-state index contributed by atoms with van der Waals surface area (Å²) in [7, 11) is 0. The smallest absolute Gasteiger partial charge is 0.335 e. The molecule has 6 nitrogen and oxygen atoms in total. The highest BCUT2D eigenvalue weighted by atomic mass is 16.5.